The number of nitrogens with one attached hydrogen (secondary N) is 1. The zero-order valence-electron chi connectivity index (χ0n) is 16.6. The van der Waals surface area contributed by atoms with Gasteiger partial charge in [-0.1, -0.05) is 56.1 Å². The van der Waals surface area contributed by atoms with E-state index < -0.39 is 0 Å². The van der Waals surface area contributed by atoms with Crippen LogP contribution in [0.25, 0.3) is 0 Å². The van der Waals surface area contributed by atoms with E-state index in [4.69, 9.17) is 9.47 Å². The van der Waals surface area contributed by atoms with E-state index in [-0.39, 0.29) is 12.3 Å². The zero-order chi connectivity index (χ0) is 22.2. The first-order chi connectivity index (χ1) is 14.9. The van der Waals surface area contributed by atoms with Crippen molar-refractivity contribution in [3.63, 3.8) is 0 Å². The topological polar surface area (TPSA) is 59.9 Å². The van der Waals surface area contributed by atoms with Crippen LogP contribution in [-0.2, 0) is 17.8 Å². The summed E-state index contributed by atoms with van der Waals surface area (Å²) in [4.78, 5) is 12.1. The number of hydrazone groups is 1. The lowest BCUT2D eigenvalue weighted by molar-refractivity contribution is -0.120. The van der Waals surface area contributed by atoms with Gasteiger partial charge in [0.25, 0.3) is 0 Å². The van der Waals surface area contributed by atoms with E-state index in [2.05, 4.69) is 58.3 Å². The fraction of sp³-hybridized carbons (Fsp3) is 0.130. The zero-order valence-corrected chi connectivity index (χ0v) is 21.3. The van der Waals surface area contributed by atoms with E-state index in [0.29, 0.717) is 18.1 Å². The molecule has 0 aliphatic rings. The second-order valence-corrected chi connectivity index (χ2v) is 9.23. The van der Waals surface area contributed by atoms with Gasteiger partial charge in [-0.25, -0.2) is 5.43 Å². The van der Waals surface area contributed by atoms with E-state index in [0.717, 1.165) is 30.1 Å². The molecule has 3 aromatic rings. The highest BCUT2D eigenvalue weighted by Gasteiger charge is 2.12. The Labute approximate surface area is 206 Å². The van der Waals surface area contributed by atoms with E-state index in [1.54, 1.807) is 19.4 Å². The summed E-state index contributed by atoms with van der Waals surface area (Å²) in [5, 5.41) is 4.05. The molecule has 0 spiro atoms. The van der Waals surface area contributed by atoms with Crippen molar-refractivity contribution in [2.45, 2.75) is 13.0 Å². The third kappa shape index (κ3) is 7.19. The molecule has 0 fully saturated rings. The van der Waals surface area contributed by atoms with Crippen molar-refractivity contribution in [1.29, 1.82) is 0 Å². The molecule has 0 radical (unpaired) electrons. The number of hydrogen-bond acceptors (Lipinski definition) is 4. The van der Waals surface area contributed by atoms with E-state index >= 15 is 0 Å². The lowest BCUT2D eigenvalue weighted by Crippen LogP contribution is -2.19. The first-order valence-electron chi connectivity index (χ1n) is 9.25. The maximum absolute atomic E-state index is 12.1. The molecule has 0 heterocycles. The average Bonchev–Trinajstić information content (AvgIpc) is 2.75. The quantitative estimate of drug-likeness (QED) is 0.242. The predicted octanol–water partition coefficient (Wildman–Crippen LogP) is 6.25. The van der Waals surface area contributed by atoms with Gasteiger partial charge in [0.15, 0.2) is 11.5 Å². The SMILES string of the molecule is COc1cc(/C=N\NC(=O)Cc2ccc(Br)cc2)cc(Br)c1OCc1ccc(Br)cc1. The van der Waals surface area contributed by atoms with Gasteiger partial charge < -0.3 is 9.47 Å². The smallest absolute Gasteiger partial charge is 0.244 e. The summed E-state index contributed by atoms with van der Waals surface area (Å²) in [6.07, 6.45) is 1.81. The first-order valence-corrected chi connectivity index (χ1v) is 11.6. The van der Waals surface area contributed by atoms with Crippen LogP contribution < -0.4 is 14.9 Å². The molecule has 8 heteroatoms. The molecule has 3 rings (SSSR count). The summed E-state index contributed by atoms with van der Waals surface area (Å²) in [7, 11) is 1.58. The largest absolute Gasteiger partial charge is 0.493 e. The van der Waals surface area contributed by atoms with Crippen molar-refractivity contribution in [3.05, 3.63) is 90.8 Å². The lowest BCUT2D eigenvalue weighted by Gasteiger charge is -2.13. The maximum atomic E-state index is 12.1. The molecule has 0 saturated heterocycles. The number of hydrogen-bond donors (Lipinski definition) is 1. The molecular weight excluding hydrogens is 592 g/mol. The number of rotatable bonds is 8. The molecule has 0 atom stereocenters. The molecule has 0 unspecified atom stereocenters. The van der Waals surface area contributed by atoms with Gasteiger partial charge in [0.05, 0.1) is 24.2 Å². The highest BCUT2D eigenvalue weighted by atomic mass is 79.9. The number of methoxy groups -OCH3 is 1. The minimum Gasteiger partial charge on any atom is -0.493 e. The van der Waals surface area contributed by atoms with Crippen LogP contribution in [0.1, 0.15) is 16.7 Å². The molecule has 1 amide bonds. The molecule has 0 aromatic heterocycles. The van der Waals surface area contributed by atoms with Gasteiger partial charge in [0.1, 0.15) is 6.61 Å². The summed E-state index contributed by atoms with van der Waals surface area (Å²) in [6.45, 7) is 0.405. The van der Waals surface area contributed by atoms with Crippen molar-refractivity contribution < 1.29 is 14.3 Å². The van der Waals surface area contributed by atoms with Crippen LogP contribution in [0.3, 0.4) is 0 Å². The molecule has 5 nitrogen and oxygen atoms in total. The Hall–Kier alpha value is -2.16. The normalized spacial score (nSPS) is 10.8. The number of nitrogens with zero attached hydrogens (tertiary/aromatic N) is 1. The molecule has 31 heavy (non-hydrogen) atoms. The molecule has 0 saturated carbocycles. The molecular formula is C23H19Br3N2O3. The van der Waals surface area contributed by atoms with Gasteiger partial charge in [-0.15, -0.1) is 0 Å². The molecule has 0 bridgehead atoms. The van der Waals surface area contributed by atoms with Crippen LogP contribution in [-0.4, -0.2) is 19.2 Å². The van der Waals surface area contributed by atoms with Gasteiger partial charge in [0, 0.05) is 8.95 Å². The number of ether oxygens (including phenoxy) is 2. The third-order valence-corrected chi connectivity index (χ3v) is 5.88. The Bertz CT molecular complexity index is 1070. The van der Waals surface area contributed by atoms with Crippen LogP contribution in [0.15, 0.2) is 79.2 Å². The Morgan fingerprint density at radius 1 is 0.968 bits per heavy atom. The van der Waals surface area contributed by atoms with Crippen molar-refractivity contribution in [2.75, 3.05) is 7.11 Å². The minimum absolute atomic E-state index is 0.195. The number of halogens is 3. The highest BCUT2D eigenvalue weighted by Crippen LogP contribution is 2.36. The van der Waals surface area contributed by atoms with Crippen molar-refractivity contribution in [2.24, 2.45) is 5.10 Å². The average molecular weight is 611 g/mol. The van der Waals surface area contributed by atoms with Crippen LogP contribution in [0.4, 0.5) is 0 Å². The molecule has 160 valence electrons. The number of carbonyl (C=O) groups is 1. The number of carbonyl (C=O) groups excluding carboxylic acids is 1. The van der Waals surface area contributed by atoms with Crippen molar-refractivity contribution in [3.8, 4) is 11.5 Å². The van der Waals surface area contributed by atoms with Gasteiger partial charge in [0.2, 0.25) is 5.91 Å². The van der Waals surface area contributed by atoms with Crippen LogP contribution >= 0.6 is 47.8 Å². The summed E-state index contributed by atoms with van der Waals surface area (Å²) < 4.78 is 14.1. The Morgan fingerprint density at radius 3 is 2.19 bits per heavy atom. The van der Waals surface area contributed by atoms with E-state index in [9.17, 15) is 4.79 Å². The Kier molecular flexibility index (Phi) is 8.69. The highest BCUT2D eigenvalue weighted by molar-refractivity contribution is 9.11. The number of benzene rings is 3. The molecule has 0 aliphatic carbocycles. The van der Waals surface area contributed by atoms with E-state index in [1.807, 2.05) is 54.6 Å². The lowest BCUT2D eigenvalue weighted by atomic mass is 10.1. The van der Waals surface area contributed by atoms with Gasteiger partial charge >= 0.3 is 0 Å². The molecule has 0 aliphatic heterocycles. The van der Waals surface area contributed by atoms with Crippen molar-refractivity contribution >= 4 is 59.9 Å². The minimum atomic E-state index is -0.195. The van der Waals surface area contributed by atoms with Gasteiger partial charge in [-0.2, -0.15) is 5.10 Å². The molecule has 1 N–H and O–H groups in total. The second-order valence-electron chi connectivity index (χ2n) is 6.55. The summed E-state index contributed by atoms with van der Waals surface area (Å²) in [5.74, 6) is 0.968. The Balaban J connectivity index is 1.62. The van der Waals surface area contributed by atoms with Crippen LogP contribution in [0, 0.1) is 0 Å². The van der Waals surface area contributed by atoms with Crippen molar-refractivity contribution in [1.82, 2.24) is 5.43 Å². The first kappa shape index (κ1) is 23.5. The summed E-state index contributed by atoms with van der Waals surface area (Å²) in [6, 6.07) is 19.1. The summed E-state index contributed by atoms with van der Waals surface area (Å²) in [5.41, 5.74) is 5.25. The van der Waals surface area contributed by atoms with Gasteiger partial charge in [-0.05, 0) is 69.0 Å². The van der Waals surface area contributed by atoms with Crippen LogP contribution in [0.2, 0.25) is 0 Å². The molecule has 3 aromatic carbocycles. The van der Waals surface area contributed by atoms with Crippen LogP contribution in [0.5, 0.6) is 11.5 Å². The fourth-order valence-corrected chi connectivity index (χ4v) is 3.80. The predicted molar refractivity (Wildman–Crippen MR) is 133 cm³/mol. The van der Waals surface area contributed by atoms with E-state index in [1.165, 1.54) is 0 Å². The summed E-state index contributed by atoms with van der Waals surface area (Å²) >= 11 is 10.3. The fourth-order valence-electron chi connectivity index (χ4n) is 2.70. The number of amides is 1. The Morgan fingerprint density at radius 2 is 1.58 bits per heavy atom. The monoisotopic (exact) mass is 608 g/mol. The third-order valence-electron chi connectivity index (χ3n) is 4.23. The second kappa shape index (κ2) is 11.5. The van der Waals surface area contributed by atoms with Gasteiger partial charge in [-0.3, -0.25) is 4.79 Å². The maximum Gasteiger partial charge on any atom is 0.244 e. The standard InChI is InChI=1S/C23H19Br3N2O3/c1-30-21-11-17(13-27-28-22(29)12-15-2-6-18(24)7-3-15)10-20(26)23(21)31-14-16-4-8-19(25)9-5-16/h2-11,13H,12,14H2,1H3,(H,28,29)/b27-13-.